The Morgan fingerprint density at radius 2 is 1.68 bits per heavy atom. The summed E-state index contributed by atoms with van der Waals surface area (Å²) in [4.78, 5) is 24.2. The number of aromatic nitrogens is 3. The molecule has 3 rings (SSSR count). The van der Waals surface area contributed by atoms with Crippen molar-refractivity contribution in [3.05, 3.63) is 72.8 Å². The van der Waals surface area contributed by atoms with Crippen LogP contribution in [0.3, 0.4) is 0 Å². The molecule has 0 aliphatic heterocycles. The zero-order valence-corrected chi connectivity index (χ0v) is 13.6. The van der Waals surface area contributed by atoms with E-state index in [-0.39, 0.29) is 6.04 Å². The first kappa shape index (κ1) is 16.4. The van der Waals surface area contributed by atoms with Crippen molar-refractivity contribution in [3.63, 3.8) is 0 Å². The van der Waals surface area contributed by atoms with Crippen LogP contribution in [0.5, 0.6) is 0 Å². The molecular formula is C18H17N5O2. The second-order valence-corrected chi connectivity index (χ2v) is 5.48. The number of nitrogens with one attached hydrogen (secondary N) is 2. The molecule has 1 atom stereocenters. The van der Waals surface area contributed by atoms with Crippen LogP contribution < -0.4 is 10.6 Å². The molecule has 2 N–H and O–H groups in total. The van der Waals surface area contributed by atoms with Gasteiger partial charge >= 0.3 is 11.8 Å². The molecule has 2 aromatic carbocycles. The zero-order chi connectivity index (χ0) is 17.6. The van der Waals surface area contributed by atoms with E-state index >= 15 is 0 Å². The molecular weight excluding hydrogens is 318 g/mol. The van der Waals surface area contributed by atoms with Gasteiger partial charge in [0.1, 0.15) is 12.7 Å². The van der Waals surface area contributed by atoms with Crippen LogP contribution in [0.1, 0.15) is 18.5 Å². The summed E-state index contributed by atoms with van der Waals surface area (Å²) in [5.74, 6) is -1.41. The average molecular weight is 335 g/mol. The van der Waals surface area contributed by atoms with Crippen molar-refractivity contribution in [3.8, 4) is 5.69 Å². The van der Waals surface area contributed by atoms with E-state index in [1.807, 2.05) is 43.3 Å². The molecule has 0 aliphatic rings. The molecule has 0 bridgehead atoms. The first-order chi connectivity index (χ1) is 12.1. The van der Waals surface area contributed by atoms with Gasteiger partial charge in [0, 0.05) is 5.69 Å². The third-order valence-electron chi connectivity index (χ3n) is 3.67. The third kappa shape index (κ3) is 4.08. The maximum atomic E-state index is 12.1. The highest BCUT2D eigenvalue weighted by atomic mass is 16.2. The van der Waals surface area contributed by atoms with Gasteiger partial charge in [0.05, 0.1) is 11.7 Å². The fourth-order valence-corrected chi connectivity index (χ4v) is 2.35. The molecule has 126 valence electrons. The lowest BCUT2D eigenvalue weighted by atomic mass is 10.1. The normalized spacial score (nSPS) is 11.6. The highest BCUT2D eigenvalue weighted by Crippen LogP contribution is 2.14. The average Bonchev–Trinajstić information content (AvgIpc) is 3.17. The van der Waals surface area contributed by atoms with Crippen molar-refractivity contribution in [1.82, 2.24) is 20.1 Å². The molecule has 0 saturated carbocycles. The number of carbonyl (C=O) groups excluding carboxylic acids is 2. The maximum absolute atomic E-state index is 12.1. The van der Waals surface area contributed by atoms with Crippen molar-refractivity contribution >= 4 is 17.5 Å². The summed E-state index contributed by atoms with van der Waals surface area (Å²) < 4.78 is 1.70. The number of hydrogen-bond donors (Lipinski definition) is 2. The van der Waals surface area contributed by atoms with Gasteiger partial charge in [-0.25, -0.2) is 0 Å². The van der Waals surface area contributed by atoms with Crippen LogP contribution in [-0.4, -0.2) is 26.6 Å². The summed E-state index contributed by atoms with van der Waals surface area (Å²) >= 11 is 0. The Labute approximate surface area is 144 Å². The van der Waals surface area contributed by atoms with Crippen molar-refractivity contribution in [2.75, 3.05) is 5.32 Å². The minimum absolute atomic E-state index is 0.261. The molecule has 0 fully saturated rings. The number of anilines is 1. The Kier molecular flexibility index (Phi) is 4.84. The lowest BCUT2D eigenvalue weighted by Crippen LogP contribution is -2.36. The molecule has 0 aliphatic carbocycles. The predicted molar refractivity (Wildman–Crippen MR) is 93.0 cm³/mol. The van der Waals surface area contributed by atoms with Gasteiger partial charge < -0.3 is 10.6 Å². The van der Waals surface area contributed by atoms with E-state index in [2.05, 4.69) is 20.8 Å². The first-order valence-electron chi connectivity index (χ1n) is 7.75. The molecule has 1 aromatic heterocycles. The highest BCUT2D eigenvalue weighted by Gasteiger charge is 2.17. The zero-order valence-electron chi connectivity index (χ0n) is 13.6. The second-order valence-electron chi connectivity index (χ2n) is 5.48. The SMILES string of the molecule is CC(NC(=O)C(=O)Nc1cccc(-n2cnnc2)c1)c1ccccc1. The van der Waals surface area contributed by atoms with Crippen LogP contribution in [0.25, 0.3) is 5.69 Å². The topological polar surface area (TPSA) is 88.9 Å². The quantitative estimate of drug-likeness (QED) is 0.715. The molecule has 25 heavy (non-hydrogen) atoms. The Morgan fingerprint density at radius 3 is 2.40 bits per heavy atom. The fraction of sp³-hybridized carbons (Fsp3) is 0.111. The van der Waals surface area contributed by atoms with Gasteiger partial charge in [-0.05, 0) is 30.7 Å². The van der Waals surface area contributed by atoms with Crippen molar-refractivity contribution in [2.24, 2.45) is 0 Å². The lowest BCUT2D eigenvalue weighted by Gasteiger charge is -2.14. The number of benzene rings is 2. The van der Waals surface area contributed by atoms with E-state index in [0.717, 1.165) is 11.3 Å². The molecule has 1 heterocycles. The minimum atomic E-state index is -0.719. The summed E-state index contributed by atoms with van der Waals surface area (Å²) in [5.41, 5.74) is 2.22. The van der Waals surface area contributed by atoms with Crippen LogP contribution >= 0.6 is 0 Å². The number of nitrogens with zero attached hydrogens (tertiary/aromatic N) is 3. The summed E-state index contributed by atoms with van der Waals surface area (Å²) in [6, 6.07) is 16.2. The van der Waals surface area contributed by atoms with Crippen LogP contribution in [0, 0.1) is 0 Å². The largest absolute Gasteiger partial charge is 0.341 e. The lowest BCUT2D eigenvalue weighted by molar-refractivity contribution is -0.136. The first-order valence-corrected chi connectivity index (χ1v) is 7.75. The van der Waals surface area contributed by atoms with Gasteiger partial charge in [0.15, 0.2) is 0 Å². The summed E-state index contributed by atoms with van der Waals surface area (Å²) in [6.45, 7) is 1.83. The molecule has 0 radical (unpaired) electrons. The third-order valence-corrected chi connectivity index (χ3v) is 3.67. The number of hydrogen-bond acceptors (Lipinski definition) is 4. The van der Waals surface area contributed by atoms with Crippen LogP contribution in [-0.2, 0) is 9.59 Å². The monoisotopic (exact) mass is 335 g/mol. The van der Waals surface area contributed by atoms with E-state index in [1.165, 1.54) is 0 Å². The van der Waals surface area contributed by atoms with Gasteiger partial charge in [-0.2, -0.15) is 0 Å². The standard InChI is InChI=1S/C18H17N5O2/c1-13(14-6-3-2-4-7-14)21-17(24)18(25)22-15-8-5-9-16(10-15)23-11-19-20-12-23/h2-13H,1H3,(H,21,24)(H,22,25). The Bertz CT molecular complexity index is 862. The van der Waals surface area contributed by atoms with Crippen LogP contribution in [0.2, 0.25) is 0 Å². The van der Waals surface area contributed by atoms with E-state index in [9.17, 15) is 9.59 Å². The minimum Gasteiger partial charge on any atom is -0.341 e. The molecule has 3 aromatic rings. The van der Waals surface area contributed by atoms with E-state index in [4.69, 9.17) is 0 Å². The van der Waals surface area contributed by atoms with E-state index < -0.39 is 11.8 Å². The molecule has 0 spiro atoms. The van der Waals surface area contributed by atoms with Gasteiger partial charge in [0.25, 0.3) is 0 Å². The van der Waals surface area contributed by atoms with Crippen molar-refractivity contribution < 1.29 is 9.59 Å². The smallest absolute Gasteiger partial charge is 0.313 e. The molecule has 7 heteroatoms. The fourth-order valence-electron chi connectivity index (χ4n) is 2.35. The summed E-state index contributed by atoms with van der Waals surface area (Å²) in [6.07, 6.45) is 3.10. The van der Waals surface area contributed by atoms with E-state index in [0.29, 0.717) is 5.69 Å². The van der Waals surface area contributed by atoms with Crippen LogP contribution in [0.15, 0.2) is 67.3 Å². The number of amides is 2. The Morgan fingerprint density at radius 1 is 0.960 bits per heavy atom. The summed E-state index contributed by atoms with van der Waals surface area (Å²) in [7, 11) is 0. The molecule has 2 amide bonds. The van der Waals surface area contributed by atoms with Crippen molar-refractivity contribution in [2.45, 2.75) is 13.0 Å². The van der Waals surface area contributed by atoms with Gasteiger partial charge in [-0.1, -0.05) is 36.4 Å². The maximum Gasteiger partial charge on any atom is 0.313 e. The Hall–Kier alpha value is -3.48. The number of rotatable bonds is 4. The van der Waals surface area contributed by atoms with E-state index in [1.54, 1.807) is 35.4 Å². The second kappa shape index (κ2) is 7.39. The molecule has 0 saturated heterocycles. The highest BCUT2D eigenvalue weighted by molar-refractivity contribution is 6.39. The number of carbonyl (C=O) groups is 2. The van der Waals surface area contributed by atoms with Crippen LogP contribution in [0.4, 0.5) is 5.69 Å². The predicted octanol–water partition coefficient (Wildman–Crippen LogP) is 2.08. The van der Waals surface area contributed by atoms with Gasteiger partial charge in [0.2, 0.25) is 0 Å². The Balaban J connectivity index is 1.64. The summed E-state index contributed by atoms with van der Waals surface area (Å²) in [5, 5.41) is 12.8. The van der Waals surface area contributed by atoms with Gasteiger partial charge in [-0.15, -0.1) is 10.2 Å². The molecule has 1 unspecified atom stereocenters. The van der Waals surface area contributed by atoms with Crippen molar-refractivity contribution in [1.29, 1.82) is 0 Å². The van der Waals surface area contributed by atoms with Gasteiger partial charge in [-0.3, -0.25) is 14.2 Å². The molecule has 7 nitrogen and oxygen atoms in total.